The number of carbonyl (C=O) groups excluding carboxylic acids is 3. The number of ketones is 2. The van der Waals surface area contributed by atoms with Crippen LogP contribution in [0, 0.1) is 5.41 Å². The lowest BCUT2D eigenvalue weighted by molar-refractivity contribution is -0.723. The van der Waals surface area contributed by atoms with E-state index in [-0.39, 0.29) is 77.0 Å². The molecule has 1 saturated heterocycles. The molecule has 268 valence electrons. The van der Waals surface area contributed by atoms with Crippen LogP contribution in [0.25, 0.3) is 0 Å². The first-order chi connectivity index (χ1) is 25.0. The van der Waals surface area contributed by atoms with Crippen LogP contribution in [-0.4, -0.2) is 103 Å². The van der Waals surface area contributed by atoms with Crippen LogP contribution in [0.5, 0.6) is 11.5 Å². The van der Waals surface area contributed by atoms with Crippen molar-refractivity contribution in [3.63, 3.8) is 0 Å². The number of benzene rings is 3. The molecule has 2 fully saturated rings. The first kappa shape index (κ1) is 34.0. The number of aliphatic imine (C=N–C) groups is 2. The number of phenols is 1. The Balaban J connectivity index is 1.23. The molecule has 3 heterocycles. The number of aliphatic hydroxyl groups excluding tert-OH is 3. The second kappa shape index (κ2) is 12.8. The number of quaternary nitrogens is 1. The molecule has 3 aliphatic heterocycles. The predicted molar refractivity (Wildman–Crippen MR) is 182 cm³/mol. The maximum atomic E-state index is 13.8. The average molecular weight is 711 g/mol. The number of aromatic hydroxyl groups is 1. The fourth-order valence-corrected chi connectivity index (χ4v) is 7.93. The molecule has 8 rings (SSSR count). The summed E-state index contributed by atoms with van der Waals surface area (Å²) in [6, 6.07) is 14.8. The highest BCUT2D eigenvalue weighted by Gasteiger charge is 2.54. The largest absolute Gasteiger partial charge is 0.504 e. The van der Waals surface area contributed by atoms with Gasteiger partial charge in [-0.15, -0.1) is 0 Å². The van der Waals surface area contributed by atoms with Crippen molar-refractivity contribution < 1.29 is 54.3 Å². The number of phenolic OH excluding ortho intramolecular Hbond substituents is 1. The zero-order valence-electron chi connectivity index (χ0n) is 27.7. The van der Waals surface area contributed by atoms with Crippen LogP contribution in [0.1, 0.15) is 75.1 Å². The van der Waals surface area contributed by atoms with Crippen LogP contribution < -0.4 is 15.0 Å². The van der Waals surface area contributed by atoms with Crippen molar-refractivity contribution in [2.45, 2.75) is 74.8 Å². The SMILES string of the molecule is N=C1N=C2C(=NC[NH+]2c2ccccc2Cc2cc3c(c(O)c2OC2OC(C4(O)CCCCC4)C(O)C(O)C2O)C(=O)c2ccccc2C3=O)C(=O)N1. The minimum Gasteiger partial charge on any atom is -0.504 e. The number of nitrogens with zero attached hydrogens (tertiary/aromatic N) is 2. The van der Waals surface area contributed by atoms with Crippen molar-refractivity contribution in [2.24, 2.45) is 9.98 Å². The number of guanidine groups is 1. The third kappa shape index (κ3) is 5.44. The second-order valence-electron chi connectivity index (χ2n) is 13.8. The van der Waals surface area contributed by atoms with Crippen molar-refractivity contribution >= 4 is 40.7 Å². The fraction of sp³-hybridized carbons (Fsp3) is 0.351. The zero-order valence-corrected chi connectivity index (χ0v) is 27.7. The molecule has 1 saturated carbocycles. The number of amidine groups is 1. The Morgan fingerprint density at radius 3 is 2.35 bits per heavy atom. The van der Waals surface area contributed by atoms with Gasteiger partial charge in [-0.25, -0.2) is 9.89 Å². The van der Waals surface area contributed by atoms with Gasteiger partial charge in [0.15, 0.2) is 29.7 Å². The van der Waals surface area contributed by atoms with E-state index in [1.807, 2.05) is 0 Å². The Morgan fingerprint density at radius 2 is 1.60 bits per heavy atom. The summed E-state index contributed by atoms with van der Waals surface area (Å²) in [5, 5.41) is 66.7. The number of para-hydroxylation sites is 1. The monoisotopic (exact) mass is 710 g/mol. The molecule has 52 heavy (non-hydrogen) atoms. The summed E-state index contributed by atoms with van der Waals surface area (Å²) in [6.07, 6.45) is -5.66. The standard InChI is InChI=1S/C37H35N5O10/c38-36-40-33-24(34(49)41-36)39-16-42(33)22-11-5-2-8-17(22)14-18-15-21-23(26(44)20-10-4-3-9-19(20)25(21)43)27(45)31(18)51-35-30(48)28(46)29(47)32(52-35)37(50)12-6-1-7-13-37/h2-5,8-11,15,28-30,32,35,45-48,50H,1,6-7,12-14,16H2,(H2,38,41,49)/p+1. The Hall–Kier alpha value is -5.16. The van der Waals surface area contributed by atoms with Gasteiger partial charge in [0.25, 0.3) is 11.7 Å². The maximum absolute atomic E-state index is 13.8. The number of carbonyl (C=O) groups is 3. The van der Waals surface area contributed by atoms with Gasteiger partial charge in [0.05, 0.1) is 11.2 Å². The van der Waals surface area contributed by atoms with E-state index in [0.29, 0.717) is 29.0 Å². The van der Waals surface area contributed by atoms with Crippen LogP contribution in [0.15, 0.2) is 64.6 Å². The highest BCUT2D eigenvalue weighted by Crippen LogP contribution is 2.45. The van der Waals surface area contributed by atoms with Gasteiger partial charge < -0.3 is 35.0 Å². The van der Waals surface area contributed by atoms with Gasteiger partial charge in [-0.05, 0) is 25.0 Å². The minimum absolute atomic E-state index is 0.0351. The molecule has 15 nitrogen and oxygen atoms in total. The first-order valence-electron chi connectivity index (χ1n) is 17.1. The highest BCUT2D eigenvalue weighted by molar-refractivity contribution is 6.68. The number of hydrogen-bond acceptors (Lipinski definition) is 12. The molecule has 6 atom stereocenters. The molecule has 0 radical (unpaired) electrons. The number of aliphatic hydroxyl groups is 4. The Kier molecular flexibility index (Phi) is 8.36. The predicted octanol–water partition coefficient (Wildman–Crippen LogP) is 0.0316. The van der Waals surface area contributed by atoms with Crippen molar-refractivity contribution in [1.29, 1.82) is 5.41 Å². The maximum Gasteiger partial charge on any atom is 0.284 e. The summed E-state index contributed by atoms with van der Waals surface area (Å²) in [5.74, 6) is -2.76. The summed E-state index contributed by atoms with van der Waals surface area (Å²) in [6.45, 7) is 0.0983. The normalized spacial score (nSPS) is 27.9. The smallest absolute Gasteiger partial charge is 0.284 e. The van der Waals surface area contributed by atoms with E-state index < -0.39 is 59.5 Å². The molecule has 0 spiro atoms. The summed E-state index contributed by atoms with van der Waals surface area (Å²) in [7, 11) is 0. The molecule has 0 aromatic heterocycles. The minimum atomic E-state index is -1.84. The number of rotatable bonds is 6. The topological polar surface area (TPSA) is 236 Å². The summed E-state index contributed by atoms with van der Waals surface area (Å²) >= 11 is 0. The summed E-state index contributed by atoms with van der Waals surface area (Å²) < 4.78 is 12.2. The van der Waals surface area contributed by atoms with Gasteiger partial charge in [-0.1, -0.05) is 61.7 Å². The lowest BCUT2D eigenvalue weighted by atomic mass is 9.76. The first-order valence-corrected chi connectivity index (χ1v) is 17.1. The third-order valence-corrected chi connectivity index (χ3v) is 10.6. The van der Waals surface area contributed by atoms with Crippen molar-refractivity contribution in [3.8, 4) is 11.5 Å². The van der Waals surface area contributed by atoms with E-state index in [1.54, 1.807) is 36.4 Å². The molecule has 1 amide bonds. The Morgan fingerprint density at radius 1 is 0.904 bits per heavy atom. The molecule has 5 aliphatic rings. The molecule has 3 aromatic rings. The van der Waals surface area contributed by atoms with Gasteiger partial charge in [0.1, 0.15) is 30.1 Å². The van der Waals surface area contributed by atoms with E-state index in [4.69, 9.17) is 14.9 Å². The van der Waals surface area contributed by atoms with Gasteiger partial charge in [0, 0.05) is 34.2 Å². The fourth-order valence-electron chi connectivity index (χ4n) is 7.93. The number of ether oxygens (including phenoxy) is 2. The van der Waals surface area contributed by atoms with Gasteiger partial charge >= 0.3 is 0 Å². The highest BCUT2D eigenvalue weighted by atomic mass is 16.7. The van der Waals surface area contributed by atoms with E-state index in [0.717, 1.165) is 6.42 Å². The van der Waals surface area contributed by atoms with E-state index in [2.05, 4.69) is 15.3 Å². The molecular weight excluding hydrogens is 674 g/mol. The van der Waals surface area contributed by atoms with Gasteiger partial charge in [0.2, 0.25) is 18.0 Å². The summed E-state index contributed by atoms with van der Waals surface area (Å²) in [4.78, 5) is 49.4. The molecule has 2 aliphatic carbocycles. The van der Waals surface area contributed by atoms with Gasteiger partial charge in [-0.2, -0.15) is 4.99 Å². The molecule has 8 N–H and O–H groups in total. The number of fused-ring (bicyclic) bond motifs is 3. The number of hydrogen-bond donors (Lipinski definition) is 8. The second-order valence-corrected chi connectivity index (χ2v) is 13.8. The van der Waals surface area contributed by atoms with Crippen LogP contribution in [0.2, 0.25) is 0 Å². The zero-order chi connectivity index (χ0) is 36.5. The Bertz CT molecular complexity index is 2110. The average Bonchev–Trinajstić information content (AvgIpc) is 3.56. The molecule has 6 unspecified atom stereocenters. The van der Waals surface area contributed by atoms with Crippen molar-refractivity contribution in [1.82, 2.24) is 5.32 Å². The summed E-state index contributed by atoms with van der Waals surface area (Å²) in [5.41, 5.74) is -0.141. The lowest BCUT2D eigenvalue weighted by Crippen LogP contribution is -3.09. The van der Waals surface area contributed by atoms with E-state index in [9.17, 15) is 39.9 Å². The number of amides is 1. The lowest BCUT2D eigenvalue weighted by Gasteiger charge is -2.48. The molecule has 15 heteroatoms. The molecular formula is C37H36N5O10+. The molecule has 3 aromatic carbocycles. The van der Waals surface area contributed by atoms with Crippen LogP contribution >= 0.6 is 0 Å². The van der Waals surface area contributed by atoms with Crippen molar-refractivity contribution in [2.75, 3.05) is 6.67 Å². The third-order valence-electron chi connectivity index (χ3n) is 10.6. The van der Waals surface area contributed by atoms with E-state index >= 15 is 0 Å². The van der Waals surface area contributed by atoms with Crippen LogP contribution in [-0.2, 0) is 16.0 Å². The van der Waals surface area contributed by atoms with Gasteiger partial charge in [-0.3, -0.25) is 25.1 Å². The van der Waals surface area contributed by atoms with Crippen LogP contribution in [0.4, 0.5) is 5.69 Å². The van der Waals surface area contributed by atoms with Crippen LogP contribution in [0.3, 0.4) is 0 Å². The number of nitrogens with one attached hydrogen (secondary N) is 3. The molecule has 0 bridgehead atoms. The quantitative estimate of drug-likeness (QED) is 0.134. The van der Waals surface area contributed by atoms with E-state index in [1.165, 1.54) is 18.2 Å². The van der Waals surface area contributed by atoms with Crippen molar-refractivity contribution in [3.05, 3.63) is 88.0 Å². The Labute approximate surface area is 296 Å².